The molecule has 3 nitrogen and oxygen atoms in total. The van der Waals surface area contributed by atoms with Crippen LogP contribution in [0.3, 0.4) is 0 Å². The van der Waals surface area contributed by atoms with E-state index < -0.39 is 0 Å². The summed E-state index contributed by atoms with van der Waals surface area (Å²) in [6.45, 7) is 6.21. The third-order valence-corrected chi connectivity index (χ3v) is 5.26. The topological polar surface area (TPSA) is 30.7 Å². The molecule has 0 atom stereocenters. The molecule has 0 aliphatic rings. The highest BCUT2D eigenvalue weighted by Crippen LogP contribution is 2.31. The van der Waals surface area contributed by atoms with Gasteiger partial charge in [0.05, 0.1) is 11.9 Å². The van der Waals surface area contributed by atoms with Crippen molar-refractivity contribution in [2.45, 2.75) is 23.4 Å². The SMILES string of the molecule is C=C(Cc1cccnc1)c1cnc(Sc2ccc(C)c(Cl)c2)n1C. The van der Waals surface area contributed by atoms with Gasteiger partial charge in [0.1, 0.15) is 0 Å². The first-order valence-electron chi connectivity index (χ1n) is 7.57. The van der Waals surface area contributed by atoms with Crippen LogP contribution >= 0.6 is 23.4 Å². The van der Waals surface area contributed by atoms with Gasteiger partial charge in [0.15, 0.2) is 5.16 Å². The van der Waals surface area contributed by atoms with Crippen LogP contribution in [-0.4, -0.2) is 14.5 Å². The van der Waals surface area contributed by atoms with Crippen molar-refractivity contribution in [1.82, 2.24) is 14.5 Å². The lowest BCUT2D eigenvalue weighted by atomic mass is 10.1. The van der Waals surface area contributed by atoms with Crippen molar-refractivity contribution in [1.29, 1.82) is 0 Å². The zero-order valence-corrected chi connectivity index (χ0v) is 15.2. The average Bonchev–Trinajstić information content (AvgIpc) is 2.93. The summed E-state index contributed by atoms with van der Waals surface area (Å²) in [6, 6.07) is 10.0. The van der Waals surface area contributed by atoms with Gasteiger partial charge in [0, 0.05) is 35.8 Å². The highest BCUT2D eigenvalue weighted by atomic mass is 35.5. The molecule has 0 N–H and O–H groups in total. The maximum absolute atomic E-state index is 6.21. The highest BCUT2D eigenvalue weighted by molar-refractivity contribution is 7.99. The van der Waals surface area contributed by atoms with Crippen molar-refractivity contribution in [2.24, 2.45) is 7.05 Å². The van der Waals surface area contributed by atoms with Crippen LogP contribution in [0.4, 0.5) is 0 Å². The minimum atomic E-state index is 0.758. The van der Waals surface area contributed by atoms with E-state index in [0.29, 0.717) is 0 Å². The second-order valence-electron chi connectivity index (χ2n) is 5.64. The van der Waals surface area contributed by atoms with E-state index in [0.717, 1.165) is 43.9 Å². The summed E-state index contributed by atoms with van der Waals surface area (Å²) in [5.41, 5.74) is 4.26. The van der Waals surface area contributed by atoms with Crippen LogP contribution in [0, 0.1) is 6.92 Å². The summed E-state index contributed by atoms with van der Waals surface area (Å²) >= 11 is 7.80. The number of allylic oxidation sites excluding steroid dienone is 1. The Bertz CT molecular complexity index is 872. The van der Waals surface area contributed by atoms with Gasteiger partial charge in [-0.05, 0) is 41.8 Å². The molecule has 0 fully saturated rings. The molecule has 122 valence electrons. The van der Waals surface area contributed by atoms with E-state index in [-0.39, 0.29) is 0 Å². The van der Waals surface area contributed by atoms with E-state index in [1.165, 1.54) is 0 Å². The standard InChI is InChI=1S/C19H18ClN3S/c1-13-6-7-16(10-17(13)20)24-19-22-12-18(23(19)3)14(2)9-15-5-4-8-21-11-15/h4-8,10-12H,2,9H2,1,3H3. The van der Waals surface area contributed by atoms with Crippen molar-refractivity contribution >= 4 is 28.9 Å². The fraction of sp³-hybridized carbons (Fsp3) is 0.158. The molecule has 0 aliphatic carbocycles. The van der Waals surface area contributed by atoms with E-state index in [9.17, 15) is 0 Å². The van der Waals surface area contributed by atoms with E-state index in [2.05, 4.69) is 33.2 Å². The lowest BCUT2D eigenvalue weighted by Gasteiger charge is -2.09. The number of nitrogens with zero attached hydrogens (tertiary/aromatic N) is 3. The van der Waals surface area contributed by atoms with Crippen LogP contribution in [0.5, 0.6) is 0 Å². The summed E-state index contributed by atoms with van der Waals surface area (Å²) in [6.07, 6.45) is 6.27. The van der Waals surface area contributed by atoms with Crippen LogP contribution in [0.15, 0.2) is 65.6 Å². The third-order valence-electron chi connectivity index (χ3n) is 3.80. The second kappa shape index (κ2) is 7.24. The maximum Gasteiger partial charge on any atom is 0.173 e. The van der Waals surface area contributed by atoms with Crippen LogP contribution in [0.2, 0.25) is 5.02 Å². The van der Waals surface area contributed by atoms with Gasteiger partial charge in [0.25, 0.3) is 0 Å². The Kier molecular flexibility index (Phi) is 5.07. The summed E-state index contributed by atoms with van der Waals surface area (Å²) in [5.74, 6) is 0. The molecule has 0 saturated heterocycles. The van der Waals surface area contributed by atoms with Gasteiger partial charge in [-0.1, -0.05) is 42.1 Å². The Labute approximate surface area is 151 Å². The number of hydrogen-bond donors (Lipinski definition) is 0. The average molecular weight is 356 g/mol. The van der Waals surface area contributed by atoms with Crippen molar-refractivity contribution in [2.75, 3.05) is 0 Å². The summed E-state index contributed by atoms with van der Waals surface area (Å²) in [4.78, 5) is 9.76. The molecular weight excluding hydrogens is 338 g/mol. The zero-order chi connectivity index (χ0) is 17.1. The maximum atomic E-state index is 6.21. The van der Waals surface area contributed by atoms with Gasteiger partial charge in [-0.15, -0.1) is 0 Å². The van der Waals surface area contributed by atoms with E-state index in [1.807, 2.05) is 44.6 Å². The number of halogens is 1. The van der Waals surface area contributed by atoms with Crippen molar-refractivity contribution in [3.05, 3.63) is 77.3 Å². The number of pyridine rings is 1. The van der Waals surface area contributed by atoms with Crippen LogP contribution in [0.25, 0.3) is 5.57 Å². The first-order valence-corrected chi connectivity index (χ1v) is 8.77. The largest absolute Gasteiger partial charge is 0.322 e. The molecule has 0 radical (unpaired) electrons. The molecule has 2 aromatic heterocycles. The molecule has 3 aromatic rings. The van der Waals surface area contributed by atoms with Crippen molar-refractivity contribution in [3.8, 4) is 0 Å². The fourth-order valence-corrected chi connectivity index (χ4v) is 3.51. The number of rotatable bonds is 5. The van der Waals surface area contributed by atoms with Crippen LogP contribution in [0.1, 0.15) is 16.8 Å². The van der Waals surface area contributed by atoms with Gasteiger partial charge < -0.3 is 4.57 Å². The first-order chi connectivity index (χ1) is 11.5. The van der Waals surface area contributed by atoms with Gasteiger partial charge in [-0.2, -0.15) is 0 Å². The van der Waals surface area contributed by atoms with Crippen molar-refractivity contribution < 1.29 is 0 Å². The Morgan fingerprint density at radius 3 is 2.83 bits per heavy atom. The second-order valence-corrected chi connectivity index (χ2v) is 7.09. The summed E-state index contributed by atoms with van der Waals surface area (Å²) in [5, 5.41) is 1.69. The normalized spacial score (nSPS) is 10.8. The van der Waals surface area contributed by atoms with Gasteiger partial charge >= 0.3 is 0 Å². The number of imidazole rings is 1. The molecule has 0 unspecified atom stereocenters. The summed E-state index contributed by atoms with van der Waals surface area (Å²) < 4.78 is 2.07. The predicted octanol–water partition coefficient (Wildman–Crippen LogP) is 5.18. The zero-order valence-electron chi connectivity index (χ0n) is 13.7. The van der Waals surface area contributed by atoms with E-state index in [4.69, 9.17) is 11.6 Å². The Morgan fingerprint density at radius 2 is 2.12 bits per heavy atom. The number of aromatic nitrogens is 3. The third kappa shape index (κ3) is 3.71. The molecule has 2 heterocycles. The predicted molar refractivity (Wildman–Crippen MR) is 100 cm³/mol. The first kappa shape index (κ1) is 16.8. The van der Waals surface area contributed by atoms with Gasteiger partial charge in [-0.25, -0.2) is 4.98 Å². The lowest BCUT2D eigenvalue weighted by Crippen LogP contribution is -1.99. The van der Waals surface area contributed by atoms with Crippen LogP contribution < -0.4 is 0 Å². The molecule has 1 aromatic carbocycles. The quantitative estimate of drug-likeness (QED) is 0.631. The molecule has 0 saturated carbocycles. The van der Waals surface area contributed by atoms with E-state index >= 15 is 0 Å². The lowest BCUT2D eigenvalue weighted by molar-refractivity contribution is 0.778. The molecule has 24 heavy (non-hydrogen) atoms. The molecule has 0 bridgehead atoms. The monoisotopic (exact) mass is 355 g/mol. The molecule has 5 heteroatoms. The Morgan fingerprint density at radius 1 is 1.29 bits per heavy atom. The van der Waals surface area contributed by atoms with Crippen molar-refractivity contribution in [3.63, 3.8) is 0 Å². The van der Waals surface area contributed by atoms with Gasteiger partial charge in [0.2, 0.25) is 0 Å². The number of benzene rings is 1. The molecular formula is C19H18ClN3S. The van der Waals surface area contributed by atoms with Gasteiger partial charge in [-0.3, -0.25) is 4.98 Å². The number of aryl methyl sites for hydroxylation is 1. The molecule has 0 spiro atoms. The molecule has 3 rings (SSSR count). The summed E-state index contributed by atoms with van der Waals surface area (Å²) in [7, 11) is 2.01. The minimum absolute atomic E-state index is 0.758. The Hall–Kier alpha value is -2.04. The Balaban J connectivity index is 1.78. The molecule has 0 aliphatic heterocycles. The highest BCUT2D eigenvalue weighted by Gasteiger charge is 2.12. The van der Waals surface area contributed by atoms with Crippen LogP contribution in [-0.2, 0) is 13.5 Å². The van der Waals surface area contributed by atoms with E-state index in [1.54, 1.807) is 18.0 Å². The fourth-order valence-electron chi connectivity index (χ4n) is 2.40. The minimum Gasteiger partial charge on any atom is -0.322 e. The number of hydrogen-bond acceptors (Lipinski definition) is 3. The molecule has 0 amide bonds. The smallest absolute Gasteiger partial charge is 0.173 e.